The molecule has 0 bridgehead atoms. The van der Waals surface area contributed by atoms with Gasteiger partial charge in [0, 0.05) is 5.41 Å². The minimum atomic E-state index is 0.117. The van der Waals surface area contributed by atoms with E-state index in [9.17, 15) is 5.11 Å². The average molecular weight is 316 g/mol. The van der Waals surface area contributed by atoms with E-state index in [1.807, 2.05) is 30.3 Å². The number of phenolic OH excluding ortho intramolecular Hbond substituents is 1. The molecule has 0 aromatic heterocycles. The summed E-state index contributed by atoms with van der Waals surface area (Å²) >= 11 is 0. The highest BCUT2D eigenvalue weighted by Crippen LogP contribution is 2.53. The lowest BCUT2D eigenvalue weighted by molar-refractivity contribution is 0.306. The van der Waals surface area contributed by atoms with Crippen molar-refractivity contribution in [2.45, 2.75) is 24.9 Å². The number of hydrogen-bond acceptors (Lipinski definition) is 2. The highest BCUT2D eigenvalue weighted by Gasteiger charge is 2.45. The van der Waals surface area contributed by atoms with Crippen LogP contribution in [0.2, 0.25) is 0 Å². The maximum atomic E-state index is 9.49. The standard InChI is InChI=1S/C22H20O2/c23-20-10-6-18(7-11-20)22(14-15-22)19-8-12-21(13-9-19)24-16-17-4-2-1-3-5-17/h1-13,23H,14-16H2. The molecule has 120 valence electrons. The maximum absolute atomic E-state index is 9.49. The summed E-state index contributed by atoms with van der Waals surface area (Å²) in [5.74, 6) is 1.21. The number of phenols is 1. The van der Waals surface area contributed by atoms with Crippen LogP contribution < -0.4 is 4.74 Å². The molecule has 1 aliphatic carbocycles. The van der Waals surface area contributed by atoms with E-state index in [0.29, 0.717) is 12.4 Å². The van der Waals surface area contributed by atoms with Crippen molar-refractivity contribution in [1.82, 2.24) is 0 Å². The van der Waals surface area contributed by atoms with Crippen LogP contribution in [-0.2, 0) is 12.0 Å². The summed E-state index contributed by atoms with van der Waals surface area (Å²) in [5.41, 5.74) is 3.88. The fourth-order valence-corrected chi connectivity index (χ4v) is 3.26. The first kappa shape index (κ1) is 14.8. The fourth-order valence-electron chi connectivity index (χ4n) is 3.26. The summed E-state index contributed by atoms with van der Waals surface area (Å²) in [6.07, 6.45) is 2.31. The normalized spacial score (nSPS) is 15.0. The van der Waals surface area contributed by atoms with Crippen molar-refractivity contribution in [2.24, 2.45) is 0 Å². The van der Waals surface area contributed by atoms with E-state index < -0.39 is 0 Å². The lowest BCUT2D eigenvalue weighted by Crippen LogP contribution is -2.08. The second-order valence-corrected chi connectivity index (χ2v) is 6.43. The molecule has 0 heterocycles. The lowest BCUT2D eigenvalue weighted by atomic mass is 9.88. The second-order valence-electron chi connectivity index (χ2n) is 6.43. The van der Waals surface area contributed by atoms with Crippen LogP contribution in [0.5, 0.6) is 11.5 Å². The van der Waals surface area contributed by atoms with E-state index in [4.69, 9.17) is 4.74 Å². The van der Waals surface area contributed by atoms with Gasteiger partial charge in [-0.15, -0.1) is 0 Å². The largest absolute Gasteiger partial charge is 0.508 e. The van der Waals surface area contributed by atoms with Gasteiger partial charge in [-0.25, -0.2) is 0 Å². The Morgan fingerprint density at radius 3 is 1.92 bits per heavy atom. The Kier molecular flexibility index (Phi) is 3.73. The Hall–Kier alpha value is -2.74. The molecule has 0 amide bonds. The molecule has 1 fully saturated rings. The van der Waals surface area contributed by atoms with E-state index in [-0.39, 0.29) is 5.41 Å². The van der Waals surface area contributed by atoms with Gasteiger partial charge in [0.1, 0.15) is 18.1 Å². The van der Waals surface area contributed by atoms with Crippen molar-refractivity contribution in [3.05, 3.63) is 95.6 Å². The van der Waals surface area contributed by atoms with Crippen molar-refractivity contribution < 1.29 is 9.84 Å². The molecule has 1 N–H and O–H groups in total. The Bertz CT molecular complexity index is 801. The summed E-state index contributed by atoms with van der Waals surface area (Å²) in [5, 5.41) is 9.49. The molecule has 1 aliphatic rings. The Balaban J connectivity index is 1.48. The molecule has 0 saturated heterocycles. The highest BCUT2D eigenvalue weighted by atomic mass is 16.5. The smallest absolute Gasteiger partial charge is 0.119 e. The predicted octanol–water partition coefficient (Wildman–Crippen LogP) is 5.05. The van der Waals surface area contributed by atoms with Gasteiger partial charge in [0.15, 0.2) is 0 Å². The fraction of sp³-hybridized carbons (Fsp3) is 0.182. The van der Waals surface area contributed by atoms with Gasteiger partial charge in [0.05, 0.1) is 0 Å². The summed E-state index contributed by atoms with van der Waals surface area (Å²) in [6.45, 7) is 0.587. The van der Waals surface area contributed by atoms with Gasteiger partial charge in [-0.1, -0.05) is 54.6 Å². The monoisotopic (exact) mass is 316 g/mol. The maximum Gasteiger partial charge on any atom is 0.119 e. The Morgan fingerprint density at radius 1 is 0.750 bits per heavy atom. The summed E-state index contributed by atoms with van der Waals surface area (Å²) in [4.78, 5) is 0. The van der Waals surface area contributed by atoms with Gasteiger partial charge >= 0.3 is 0 Å². The molecule has 3 aromatic rings. The van der Waals surface area contributed by atoms with E-state index in [1.165, 1.54) is 16.7 Å². The van der Waals surface area contributed by atoms with Crippen molar-refractivity contribution in [3.63, 3.8) is 0 Å². The van der Waals surface area contributed by atoms with E-state index in [0.717, 1.165) is 18.6 Å². The molecule has 0 atom stereocenters. The van der Waals surface area contributed by atoms with Crippen molar-refractivity contribution in [2.75, 3.05) is 0 Å². The van der Waals surface area contributed by atoms with Crippen LogP contribution in [0.15, 0.2) is 78.9 Å². The van der Waals surface area contributed by atoms with Crippen LogP contribution in [-0.4, -0.2) is 5.11 Å². The first-order valence-electron chi connectivity index (χ1n) is 8.33. The minimum absolute atomic E-state index is 0.117. The molecule has 0 unspecified atom stereocenters. The molecule has 1 saturated carbocycles. The summed E-state index contributed by atoms with van der Waals surface area (Å²) < 4.78 is 5.87. The second kappa shape index (κ2) is 6.04. The molecule has 2 nitrogen and oxygen atoms in total. The molecule has 0 spiro atoms. The van der Waals surface area contributed by atoms with Gasteiger partial charge in [-0.2, -0.15) is 0 Å². The van der Waals surface area contributed by atoms with Gasteiger partial charge in [0.25, 0.3) is 0 Å². The van der Waals surface area contributed by atoms with Crippen LogP contribution in [0.3, 0.4) is 0 Å². The van der Waals surface area contributed by atoms with E-state index >= 15 is 0 Å². The van der Waals surface area contributed by atoms with Gasteiger partial charge < -0.3 is 9.84 Å². The minimum Gasteiger partial charge on any atom is -0.508 e. The van der Waals surface area contributed by atoms with Crippen LogP contribution in [0, 0.1) is 0 Å². The van der Waals surface area contributed by atoms with E-state index in [1.54, 1.807) is 12.1 Å². The highest BCUT2D eigenvalue weighted by molar-refractivity contribution is 5.47. The van der Waals surface area contributed by atoms with E-state index in [2.05, 4.69) is 36.4 Å². The van der Waals surface area contributed by atoms with Gasteiger partial charge in [-0.3, -0.25) is 0 Å². The molecular formula is C22H20O2. The molecule has 24 heavy (non-hydrogen) atoms. The van der Waals surface area contributed by atoms with Gasteiger partial charge in [-0.05, 0) is 53.8 Å². The topological polar surface area (TPSA) is 29.5 Å². The lowest BCUT2D eigenvalue weighted by Gasteiger charge is -2.17. The third kappa shape index (κ3) is 2.88. The number of aromatic hydroxyl groups is 1. The molecular weight excluding hydrogens is 296 g/mol. The number of ether oxygens (including phenoxy) is 1. The SMILES string of the molecule is Oc1ccc(C2(c3ccc(OCc4ccccc4)cc3)CC2)cc1. The van der Waals surface area contributed by atoms with Crippen molar-refractivity contribution in [3.8, 4) is 11.5 Å². The van der Waals surface area contributed by atoms with Crippen LogP contribution in [0.1, 0.15) is 29.5 Å². The third-order valence-corrected chi connectivity index (χ3v) is 4.83. The number of benzene rings is 3. The predicted molar refractivity (Wildman–Crippen MR) is 95.3 cm³/mol. The average Bonchev–Trinajstić information content (AvgIpc) is 3.44. The summed E-state index contributed by atoms with van der Waals surface area (Å²) in [6, 6.07) is 26.2. The van der Waals surface area contributed by atoms with Crippen LogP contribution >= 0.6 is 0 Å². The van der Waals surface area contributed by atoms with Crippen LogP contribution in [0.4, 0.5) is 0 Å². The zero-order valence-electron chi connectivity index (χ0n) is 13.5. The Morgan fingerprint density at radius 2 is 1.33 bits per heavy atom. The third-order valence-electron chi connectivity index (χ3n) is 4.83. The van der Waals surface area contributed by atoms with Crippen molar-refractivity contribution in [1.29, 1.82) is 0 Å². The molecule has 2 heteroatoms. The van der Waals surface area contributed by atoms with Crippen molar-refractivity contribution >= 4 is 0 Å². The summed E-state index contributed by atoms with van der Waals surface area (Å²) in [7, 11) is 0. The van der Waals surface area contributed by atoms with Crippen LogP contribution in [0.25, 0.3) is 0 Å². The number of hydrogen-bond donors (Lipinski definition) is 1. The molecule has 4 rings (SSSR count). The zero-order chi connectivity index (χ0) is 16.4. The first-order valence-corrected chi connectivity index (χ1v) is 8.33. The molecule has 0 aliphatic heterocycles. The molecule has 0 radical (unpaired) electrons. The van der Waals surface area contributed by atoms with Gasteiger partial charge in [0.2, 0.25) is 0 Å². The number of rotatable bonds is 5. The quantitative estimate of drug-likeness (QED) is 0.713. The Labute approximate surface area is 142 Å². The first-order chi connectivity index (χ1) is 11.8. The molecule has 3 aromatic carbocycles. The zero-order valence-corrected chi connectivity index (χ0v) is 13.5.